The summed E-state index contributed by atoms with van der Waals surface area (Å²) >= 11 is 0. The van der Waals surface area contributed by atoms with E-state index in [4.69, 9.17) is 12.8 Å². The fourth-order valence-corrected chi connectivity index (χ4v) is 1.74. The molecular formula is C15H15N3O7. The number of terminal acetylenes is 2. The Hall–Kier alpha value is -3.53. The Morgan fingerprint density at radius 1 is 0.880 bits per heavy atom. The first-order valence-electron chi connectivity index (χ1n) is 7.02. The van der Waals surface area contributed by atoms with Crippen molar-refractivity contribution in [2.24, 2.45) is 0 Å². The summed E-state index contributed by atoms with van der Waals surface area (Å²) in [7, 11) is 0. The van der Waals surface area contributed by atoms with E-state index in [1.54, 1.807) is 0 Å². The number of nitrogens with zero attached hydrogens (tertiary/aromatic N) is 2. The first-order valence-corrected chi connectivity index (χ1v) is 7.02. The number of hydrogen-bond donors (Lipinski definition) is 1. The summed E-state index contributed by atoms with van der Waals surface area (Å²) in [4.78, 5) is 60.3. The molecule has 0 saturated carbocycles. The SMILES string of the molecule is C#CCOC(=O)CCn1c(=O)[nH]c(=O)n(CCC(=O)OCC#C)c1=O. The molecule has 0 aliphatic heterocycles. The highest BCUT2D eigenvalue weighted by Gasteiger charge is 2.13. The van der Waals surface area contributed by atoms with Crippen LogP contribution in [-0.2, 0) is 32.2 Å². The lowest BCUT2D eigenvalue weighted by Crippen LogP contribution is -2.49. The van der Waals surface area contributed by atoms with Gasteiger partial charge in [-0.3, -0.25) is 14.6 Å². The van der Waals surface area contributed by atoms with Crippen molar-refractivity contribution in [2.45, 2.75) is 25.9 Å². The van der Waals surface area contributed by atoms with Crippen molar-refractivity contribution in [1.29, 1.82) is 0 Å². The molecule has 0 aromatic carbocycles. The number of ether oxygens (including phenoxy) is 2. The van der Waals surface area contributed by atoms with Gasteiger partial charge in [-0.2, -0.15) is 0 Å². The standard InChI is InChI=1S/C15H15N3O7/c1-3-9-24-11(19)5-7-17-13(21)16-14(22)18(15(17)23)8-6-12(20)25-10-4-2/h1-2H,5-10H2,(H,16,21,22). The van der Waals surface area contributed by atoms with Crippen LogP contribution in [-0.4, -0.2) is 39.3 Å². The lowest BCUT2D eigenvalue weighted by molar-refractivity contribution is -0.143. The number of rotatable bonds is 8. The van der Waals surface area contributed by atoms with E-state index in [1.165, 1.54) is 0 Å². The Bertz CT molecular complexity index is 823. The molecule has 10 nitrogen and oxygen atoms in total. The van der Waals surface area contributed by atoms with E-state index in [2.05, 4.69) is 21.3 Å². The number of hydrogen-bond acceptors (Lipinski definition) is 7. The second-order valence-corrected chi connectivity index (χ2v) is 4.55. The molecule has 0 fully saturated rings. The fourth-order valence-electron chi connectivity index (χ4n) is 1.74. The van der Waals surface area contributed by atoms with E-state index in [9.17, 15) is 24.0 Å². The van der Waals surface area contributed by atoms with Crippen LogP contribution in [0.25, 0.3) is 0 Å². The maximum Gasteiger partial charge on any atom is 0.336 e. The monoisotopic (exact) mass is 349 g/mol. The first kappa shape index (κ1) is 19.5. The fraction of sp³-hybridized carbons (Fsp3) is 0.400. The Labute approximate surface area is 141 Å². The van der Waals surface area contributed by atoms with Gasteiger partial charge in [0.1, 0.15) is 0 Å². The van der Waals surface area contributed by atoms with Crippen LogP contribution in [0.1, 0.15) is 12.8 Å². The molecule has 0 amide bonds. The predicted molar refractivity (Wildman–Crippen MR) is 84.4 cm³/mol. The smallest absolute Gasteiger partial charge is 0.336 e. The Morgan fingerprint density at radius 3 is 1.64 bits per heavy atom. The summed E-state index contributed by atoms with van der Waals surface area (Å²) in [6, 6.07) is 0. The summed E-state index contributed by atoms with van der Waals surface area (Å²) in [5.41, 5.74) is -2.93. The number of carbonyl (C=O) groups is 2. The average molecular weight is 349 g/mol. The molecular weight excluding hydrogens is 334 g/mol. The summed E-state index contributed by atoms with van der Waals surface area (Å²) in [6.07, 6.45) is 9.27. The zero-order valence-electron chi connectivity index (χ0n) is 13.1. The predicted octanol–water partition coefficient (Wildman–Crippen LogP) is -2.17. The van der Waals surface area contributed by atoms with Gasteiger partial charge in [-0.05, 0) is 0 Å². The molecule has 0 saturated heterocycles. The van der Waals surface area contributed by atoms with Crippen molar-refractivity contribution in [2.75, 3.05) is 13.2 Å². The minimum absolute atomic E-state index is 0.233. The lowest BCUT2D eigenvalue weighted by atomic mass is 10.4. The molecule has 0 atom stereocenters. The summed E-state index contributed by atoms with van der Waals surface area (Å²) in [6.45, 7) is -1.11. The largest absolute Gasteiger partial charge is 0.452 e. The zero-order valence-corrected chi connectivity index (χ0v) is 13.1. The number of H-pyrrole nitrogens is 1. The number of aromatic nitrogens is 3. The van der Waals surface area contributed by atoms with E-state index in [-0.39, 0.29) is 39.1 Å². The second kappa shape index (κ2) is 9.57. The first-order chi connectivity index (χ1) is 11.9. The molecule has 0 bridgehead atoms. The maximum absolute atomic E-state index is 12.2. The number of esters is 2. The van der Waals surface area contributed by atoms with Gasteiger partial charge in [-0.25, -0.2) is 23.5 Å². The van der Waals surface area contributed by atoms with Crippen molar-refractivity contribution < 1.29 is 19.1 Å². The molecule has 1 heterocycles. The topological polar surface area (TPSA) is 129 Å². The van der Waals surface area contributed by atoms with Gasteiger partial charge in [0, 0.05) is 13.1 Å². The van der Waals surface area contributed by atoms with Gasteiger partial charge in [0.05, 0.1) is 12.8 Å². The summed E-state index contributed by atoms with van der Waals surface area (Å²) < 4.78 is 10.5. The van der Waals surface area contributed by atoms with E-state index in [1.807, 2.05) is 4.98 Å². The molecule has 132 valence electrons. The van der Waals surface area contributed by atoms with Crippen molar-refractivity contribution in [1.82, 2.24) is 14.1 Å². The molecule has 1 rings (SSSR count). The molecule has 10 heteroatoms. The number of nitrogens with one attached hydrogen (secondary N) is 1. The lowest BCUT2D eigenvalue weighted by Gasteiger charge is -2.08. The average Bonchev–Trinajstić information content (AvgIpc) is 2.57. The molecule has 1 aromatic rings. The van der Waals surface area contributed by atoms with Crippen LogP contribution in [0.2, 0.25) is 0 Å². The van der Waals surface area contributed by atoms with Gasteiger partial charge in [0.2, 0.25) is 0 Å². The van der Waals surface area contributed by atoms with Crippen LogP contribution in [0.15, 0.2) is 14.4 Å². The molecule has 0 spiro atoms. The van der Waals surface area contributed by atoms with Crippen LogP contribution >= 0.6 is 0 Å². The molecule has 0 radical (unpaired) electrons. The van der Waals surface area contributed by atoms with Crippen LogP contribution in [0, 0.1) is 24.7 Å². The van der Waals surface area contributed by atoms with Crippen molar-refractivity contribution in [3.63, 3.8) is 0 Å². The summed E-state index contributed by atoms with van der Waals surface area (Å²) in [5, 5.41) is 0. The van der Waals surface area contributed by atoms with Gasteiger partial charge in [0.15, 0.2) is 13.2 Å². The number of carbonyl (C=O) groups excluding carboxylic acids is 2. The zero-order chi connectivity index (χ0) is 18.8. The molecule has 0 unspecified atom stereocenters. The van der Waals surface area contributed by atoms with Gasteiger partial charge < -0.3 is 9.47 Å². The molecule has 1 aromatic heterocycles. The van der Waals surface area contributed by atoms with E-state index in [0.717, 1.165) is 0 Å². The van der Waals surface area contributed by atoms with E-state index >= 15 is 0 Å². The van der Waals surface area contributed by atoms with Gasteiger partial charge in [-0.15, -0.1) is 12.8 Å². The van der Waals surface area contributed by atoms with Gasteiger partial charge in [0.25, 0.3) is 0 Å². The third-order valence-corrected chi connectivity index (χ3v) is 2.88. The molecule has 0 aliphatic carbocycles. The Kier molecular flexibility index (Phi) is 7.47. The van der Waals surface area contributed by atoms with Crippen LogP contribution in [0.3, 0.4) is 0 Å². The summed E-state index contributed by atoms with van der Waals surface area (Å²) in [5.74, 6) is 2.78. The van der Waals surface area contributed by atoms with Crippen LogP contribution in [0.4, 0.5) is 0 Å². The van der Waals surface area contributed by atoms with Crippen LogP contribution in [0.5, 0.6) is 0 Å². The van der Waals surface area contributed by atoms with Crippen molar-refractivity contribution in [3.8, 4) is 24.7 Å². The molecule has 25 heavy (non-hydrogen) atoms. The maximum atomic E-state index is 12.2. The van der Waals surface area contributed by atoms with E-state index in [0.29, 0.717) is 9.13 Å². The highest BCUT2D eigenvalue weighted by Crippen LogP contribution is 1.90. The highest BCUT2D eigenvalue weighted by molar-refractivity contribution is 5.69. The quantitative estimate of drug-likeness (QED) is 0.418. The van der Waals surface area contributed by atoms with E-state index < -0.39 is 29.0 Å². The minimum Gasteiger partial charge on any atom is -0.452 e. The second-order valence-electron chi connectivity index (χ2n) is 4.55. The third-order valence-electron chi connectivity index (χ3n) is 2.88. The van der Waals surface area contributed by atoms with Crippen molar-refractivity contribution >= 4 is 11.9 Å². The Morgan fingerprint density at radius 2 is 1.28 bits per heavy atom. The minimum atomic E-state index is -0.981. The highest BCUT2D eigenvalue weighted by atomic mass is 16.5. The molecule has 1 N–H and O–H groups in total. The van der Waals surface area contributed by atoms with Gasteiger partial charge >= 0.3 is 29.0 Å². The van der Waals surface area contributed by atoms with Gasteiger partial charge in [-0.1, -0.05) is 11.8 Å². The number of aromatic amines is 1. The Balaban J connectivity index is 2.90. The van der Waals surface area contributed by atoms with Crippen molar-refractivity contribution in [3.05, 3.63) is 31.5 Å². The molecule has 0 aliphatic rings. The van der Waals surface area contributed by atoms with Crippen LogP contribution < -0.4 is 17.1 Å². The third kappa shape index (κ3) is 5.88. The normalized spacial score (nSPS) is 9.68.